The van der Waals surface area contributed by atoms with E-state index in [4.69, 9.17) is 34.2 Å². The number of methoxy groups -OCH3 is 2. The second kappa shape index (κ2) is 22.9. The van der Waals surface area contributed by atoms with Gasteiger partial charge in [0.1, 0.15) is 6.04 Å². The fourth-order valence-electron chi connectivity index (χ4n) is 8.56. The summed E-state index contributed by atoms with van der Waals surface area (Å²) in [5.41, 5.74) is 8.08. The Labute approximate surface area is 381 Å². The molecule has 0 aliphatic carbocycles. The molecular formula is C47H65N7O11. The van der Waals surface area contributed by atoms with Gasteiger partial charge in [0, 0.05) is 50.9 Å². The number of benzene rings is 2. The van der Waals surface area contributed by atoms with Crippen molar-refractivity contribution in [2.45, 2.75) is 77.4 Å². The van der Waals surface area contributed by atoms with Crippen LogP contribution in [-0.2, 0) is 23.9 Å². The van der Waals surface area contributed by atoms with Gasteiger partial charge in [-0.3, -0.25) is 29.0 Å². The van der Waals surface area contributed by atoms with Crippen LogP contribution in [0.5, 0.6) is 23.0 Å². The molecule has 0 bridgehead atoms. The molecule has 4 heterocycles. The molecule has 0 saturated carbocycles. The number of hydrogen-bond donors (Lipinski definition) is 3. The molecule has 6 rings (SSSR count). The van der Waals surface area contributed by atoms with Crippen LogP contribution in [0.25, 0.3) is 0 Å². The van der Waals surface area contributed by atoms with Crippen molar-refractivity contribution in [3.63, 3.8) is 0 Å². The molecular weight excluding hydrogens is 839 g/mol. The van der Waals surface area contributed by atoms with Gasteiger partial charge < -0.3 is 59.5 Å². The molecule has 1 unspecified atom stereocenters. The number of nitrogens with two attached hydrogens (primary N) is 1. The van der Waals surface area contributed by atoms with Gasteiger partial charge in [-0.25, -0.2) is 0 Å². The summed E-state index contributed by atoms with van der Waals surface area (Å²) < 4.78 is 34.4. The van der Waals surface area contributed by atoms with E-state index in [1.54, 1.807) is 40.3 Å². The van der Waals surface area contributed by atoms with Gasteiger partial charge in [0.25, 0.3) is 11.8 Å². The third-order valence-corrected chi connectivity index (χ3v) is 11.9. The monoisotopic (exact) mass is 903 g/mol. The highest BCUT2D eigenvalue weighted by Gasteiger charge is 2.41. The Hall–Kier alpha value is -5.72. The summed E-state index contributed by atoms with van der Waals surface area (Å²) in [6.45, 7) is 13.1. The molecule has 2 aromatic carbocycles. The number of unbranched alkanes of at least 4 members (excludes halogenated alkanes) is 2. The van der Waals surface area contributed by atoms with Crippen LogP contribution in [0.2, 0.25) is 0 Å². The van der Waals surface area contributed by atoms with Gasteiger partial charge >= 0.3 is 0 Å². The molecule has 0 spiro atoms. The highest BCUT2D eigenvalue weighted by molar-refractivity contribution is 6.08. The van der Waals surface area contributed by atoms with Crippen molar-refractivity contribution in [1.29, 1.82) is 0 Å². The minimum absolute atomic E-state index is 0.0488. The van der Waals surface area contributed by atoms with E-state index in [0.29, 0.717) is 117 Å². The minimum atomic E-state index is -0.888. The van der Waals surface area contributed by atoms with Gasteiger partial charge in [-0.2, -0.15) is 0 Å². The Morgan fingerprint density at radius 1 is 0.846 bits per heavy atom. The molecule has 18 nitrogen and oxygen atoms in total. The van der Waals surface area contributed by atoms with Crippen LogP contribution in [-0.4, -0.2) is 150 Å². The number of hydrogen-bond acceptors (Lipinski definition) is 13. The predicted molar refractivity (Wildman–Crippen MR) is 244 cm³/mol. The molecule has 354 valence electrons. The number of aliphatic imine (C=N–C) groups is 1. The van der Waals surface area contributed by atoms with E-state index in [9.17, 15) is 24.0 Å². The summed E-state index contributed by atoms with van der Waals surface area (Å²) in [6.07, 6.45) is 5.38. The first-order valence-corrected chi connectivity index (χ1v) is 22.6. The Bertz CT molecular complexity index is 2090. The van der Waals surface area contributed by atoms with Crippen molar-refractivity contribution < 1.29 is 52.4 Å². The molecule has 2 aromatic rings. The van der Waals surface area contributed by atoms with Gasteiger partial charge in [0.2, 0.25) is 17.7 Å². The van der Waals surface area contributed by atoms with Crippen molar-refractivity contribution in [3.05, 3.63) is 47.5 Å². The molecule has 0 aromatic heterocycles. The number of amides is 5. The summed E-state index contributed by atoms with van der Waals surface area (Å²) in [7, 11) is 3.04. The number of carbonyl (C=O) groups is 5. The largest absolute Gasteiger partial charge is 0.493 e. The van der Waals surface area contributed by atoms with Gasteiger partial charge in [-0.05, 0) is 56.1 Å². The molecule has 4 aliphatic rings. The maximum atomic E-state index is 14.1. The summed E-state index contributed by atoms with van der Waals surface area (Å²) in [5, 5.41) is 5.50. The number of nitrogens with zero attached hydrogens (tertiary/aromatic N) is 4. The maximum absolute atomic E-state index is 14.1. The van der Waals surface area contributed by atoms with Crippen molar-refractivity contribution in [2.75, 3.05) is 91.5 Å². The van der Waals surface area contributed by atoms with E-state index in [2.05, 4.69) is 29.1 Å². The average molecular weight is 904 g/mol. The summed E-state index contributed by atoms with van der Waals surface area (Å²) in [5.74, 6) is 0.0655. The van der Waals surface area contributed by atoms with Gasteiger partial charge in [-0.15, -0.1) is 0 Å². The SMILES string of the molecule is C=C1C[C@H]2C=Nc3cc(OCCCCCOc4cc5c(cc4OC)C(=O)N4CC(C)C[C@H]4CN5C(=O)CNC(=O)[C@@H](NC(=O)CCOCCOCCN)C(C)C)c(OC)cc3C(=O)N2C1. The van der Waals surface area contributed by atoms with Crippen molar-refractivity contribution in [3.8, 4) is 23.0 Å². The average Bonchev–Trinajstić information content (AvgIpc) is 3.80. The normalized spacial score (nSPS) is 19.2. The number of anilines is 1. The fraction of sp³-hybridized carbons (Fsp3) is 0.574. The topological polar surface area (TPSA) is 213 Å². The Morgan fingerprint density at radius 3 is 2.18 bits per heavy atom. The first-order valence-electron chi connectivity index (χ1n) is 22.6. The lowest BCUT2D eigenvalue weighted by molar-refractivity contribution is -0.131. The van der Waals surface area contributed by atoms with Gasteiger partial charge in [-0.1, -0.05) is 32.9 Å². The van der Waals surface area contributed by atoms with Crippen molar-refractivity contribution in [2.24, 2.45) is 22.6 Å². The molecule has 2 fully saturated rings. The quantitative estimate of drug-likeness (QED) is 0.108. The minimum Gasteiger partial charge on any atom is -0.493 e. The van der Waals surface area contributed by atoms with Crippen LogP contribution in [0.4, 0.5) is 11.4 Å². The Morgan fingerprint density at radius 2 is 1.51 bits per heavy atom. The lowest BCUT2D eigenvalue weighted by Crippen LogP contribution is -2.52. The number of ether oxygens (including phenoxy) is 6. The molecule has 4 atom stereocenters. The molecule has 4 aliphatic heterocycles. The van der Waals surface area contributed by atoms with E-state index >= 15 is 0 Å². The van der Waals surface area contributed by atoms with Gasteiger partial charge in [0.05, 0.1) is 95.0 Å². The Kier molecular flexibility index (Phi) is 17.2. The van der Waals surface area contributed by atoms with Crippen LogP contribution in [0.3, 0.4) is 0 Å². The third kappa shape index (κ3) is 12.1. The van der Waals surface area contributed by atoms with Crippen LogP contribution in [0.15, 0.2) is 41.4 Å². The molecule has 65 heavy (non-hydrogen) atoms. The zero-order valence-electron chi connectivity index (χ0n) is 38.4. The lowest BCUT2D eigenvalue weighted by Gasteiger charge is -2.27. The van der Waals surface area contributed by atoms with Crippen molar-refractivity contribution >= 4 is 47.1 Å². The first kappa shape index (κ1) is 48.7. The van der Waals surface area contributed by atoms with Gasteiger partial charge in [0.15, 0.2) is 23.0 Å². The predicted octanol–water partition coefficient (Wildman–Crippen LogP) is 3.65. The summed E-state index contributed by atoms with van der Waals surface area (Å²) in [6, 6.07) is 5.50. The second-order valence-corrected chi connectivity index (χ2v) is 17.3. The number of nitrogens with one attached hydrogen (secondary N) is 2. The summed E-state index contributed by atoms with van der Waals surface area (Å²) >= 11 is 0. The first-order chi connectivity index (χ1) is 31.3. The maximum Gasteiger partial charge on any atom is 0.257 e. The summed E-state index contributed by atoms with van der Waals surface area (Å²) in [4.78, 5) is 77.5. The highest BCUT2D eigenvalue weighted by atomic mass is 16.5. The number of carbonyl (C=O) groups excluding carboxylic acids is 5. The second-order valence-electron chi connectivity index (χ2n) is 17.3. The molecule has 2 saturated heterocycles. The molecule has 5 amide bonds. The molecule has 0 radical (unpaired) electrons. The highest BCUT2D eigenvalue weighted by Crippen LogP contribution is 2.41. The van der Waals surface area contributed by atoms with Crippen molar-refractivity contribution in [1.82, 2.24) is 20.4 Å². The number of fused-ring (bicyclic) bond motifs is 4. The van der Waals surface area contributed by atoms with Crippen LogP contribution < -0.4 is 40.2 Å². The van der Waals surface area contributed by atoms with Crippen LogP contribution >= 0.6 is 0 Å². The Balaban J connectivity index is 1.05. The zero-order valence-corrected chi connectivity index (χ0v) is 38.4. The number of rotatable bonds is 23. The van der Waals surface area contributed by atoms with Crippen LogP contribution in [0, 0.1) is 11.8 Å². The van der Waals surface area contributed by atoms with E-state index in [0.717, 1.165) is 18.4 Å². The zero-order chi connectivity index (χ0) is 46.6. The van der Waals surface area contributed by atoms with E-state index < -0.39 is 17.9 Å². The lowest BCUT2D eigenvalue weighted by atomic mass is 10.0. The standard InChI is InChI=1S/C47H65N7O11/c1-29(2)44(51-42(55)10-14-62-16-17-63-15-11-48)45(57)50-25-43(56)54-28-33-19-31(4)27-53(33)47(59)35-21-39(61-6)41(23-37(35)54)65-13-9-7-8-12-64-40-22-36-34(20-38(40)60-5)46(58)52-26-30(3)18-32(52)24-49-36/h20-24,29,31-33,44H,3,7-19,25-28,48H2,1-2,4-6H3,(H,50,57)(H,51,55)/t31?,32-,33-,44-/m0/s1. The smallest absolute Gasteiger partial charge is 0.257 e. The van der Waals surface area contributed by atoms with Crippen LogP contribution in [0.1, 0.15) is 80.0 Å². The van der Waals surface area contributed by atoms with E-state index in [1.807, 2.05) is 18.7 Å². The molecule has 4 N–H and O–H groups in total. The molecule has 18 heteroatoms. The van der Waals surface area contributed by atoms with E-state index in [-0.39, 0.29) is 67.8 Å². The van der Waals surface area contributed by atoms with E-state index in [1.165, 1.54) is 14.2 Å². The fourth-order valence-corrected chi connectivity index (χ4v) is 8.56. The third-order valence-electron chi connectivity index (χ3n) is 11.9.